The lowest BCUT2D eigenvalue weighted by atomic mass is 10.1. The molecule has 0 unspecified atom stereocenters. The van der Waals surface area contributed by atoms with Crippen molar-refractivity contribution in [3.8, 4) is 5.88 Å². The first kappa shape index (κ1) is 11.7. The zero-order chi connectivity index (χ0) is 12.4. The maximum absolute atomic E-state index is 11.5. The summed E-state index contributed by atoms with van der Waals surface area (Å²) in [5.41, 5.74) is 0.990. The van der Waals surface area contributed by atoms with E-state index in [9.17, 15) is 4.79 Å². The number of fused-ring (bicyclic) bond motifs is 1. The fourth-order valence-electron chi connectivity index (χ4n) is 1.54. The monoisotopic (exact) mass is 251 g/mol. The maximum Gasteiger partial charge on any atom is 0.343 e. The number of nitrogens with zero attached hydrogens (tertiary/aromatic N) is 1. The highest BCUT2D eigenvalue weighted by Crippen LogP contribution is 2.25. The summed E-state index contributed by atoms with van der Waals surface area (Å²) in [6.45, 7) is 0. The van der Waals surface area contributed by atoms with Crippen LogP contribution in [-0.2, 0) is 4.74 Å². The maximum atomic E-state index is 11.5. The van der Waals surface area contributed by atoms with Crippen LogP contribution in [0.4, 0.5) is 0 Å². The molecule has 1 aromatic carbocycles. The van der Waals surface area contributed by atoms with Crippen molar-refractivity contribution in [2.24, 2.45) is 0 Å². The van der Waals surface area contributed by atoms with Crippen molar-refractivity contribution in [3.05, 3.63) is 34.9 Å². The summed E-state index contributed by atoms with van der Waals surface area (Å²) in [7, 11) is 2.76. The van der Waals surface area contributed by atoms with Crippen molar-refractivity contribution in [2.75, 3.05) is 14.2 Å². The van der Waals surface area contributed by atoms with Crippen LogP contribution in [0.3, 0.4) is 0 Å². The lowest BCUT2D eigenvalue weighted by Crippen LogP contribution is -2.05. The van der Waals surface area contributed by atoms with Crippen LogP contribution in [0.2, 0.25) is 5.02 Å². The molecule has 0 radical (unpaired) electrons. The Bertz CT molecular complexity index is 583. The summed E-state index contributed by atoms with van der Waals surface area (Å²) in [5.74, 6) is -0.247. The van der Waals surface area contributed by atoms with Crippen LogP contribution in [0.5, 0.6) is 5.88 Å². The fraction of sp³-hybridized carbons (Fsp3) is 0.167. The van der Waals surface area contributed by atoms with Crippen LogP contribution < -0.4 is 4.74 Å². The summed E-state index contributed by atoms with van der Waals surface area (Å²) >= 11 is 5.88. The van der Waals surface area contributed by atoms with E-state index in [0.29, 0.717) is 10.5 Å². The van der Waals surface area contributed by atoms with E-state index in [1.54, 1.807) is 24.3 Å². The number of methoxy groups -OCH3 is 2. The van der Waals surface area contributed by atoms with Crippen molar-refractivity contribution < 1.29 is 14.3 Å². The number of pyridine rings is 1. The van der Waals surface area contributed by atoms with Crippen molar-refractivity contribution in [2.45, 2.75) is 0 Å². The van der Waals surface area contributed by atoms with E-state index in [1.807, 2.05) is 0 Å². The number of carbonyl (C=O) groups is 1. The molecule has 5 heteroatoms. The molecule has 0 aliphatic carbocycles. The van der Waals surface area contributed by atoms with Gasteiger partial charge < -0.3 is 9.47 Å². The van der Waals surface area contributed by atoms with Crippen LogP contribution >= 0.6 is 11.6 Å². The number of carbonyl (C=O) groups excluding carboxylic acids is 1. The molecule has 0 N–H and O–H groups in total. The number of ether oxygens (including phenoxy) is 2. The summed E-state index contributed by atoms with van der Waals surface area (Å²) in [6, 6.07) is 6.88. The quantitative estimate of drug-likeness (QED) is 0.770. The highest BCUT2D eigenvalue weighted by atomic mass is 35.5. The molecule has 0 atom stereocenters. The van der Waals surface area contributed by atoms with Gasteiger partial charge in [-0.05, 0) is 24.3 Å². The van der Waals surface area contributed by atoms with Crippen LogP contribution in [0.1, 0.15) is 10.4 Å². The summed E-state index contributed by atoms with van der Waals surface area (Å²) in [5, 5.41) is 1.35. The van der Waals surface area contributed by atoms with Gasteiger partial charge in [-0.15, -0.1) is 0 Å². The van der Waals surface area contributed by atoms with E-state index in [2.05, 4.69) is 9.72 Å². The lowest BCUT2D eigenvalue weighted by Gasteiger charge is -2.07. The molecule has 0 spiro atoms. The highest BCUT2D eigenvalue weighted by Gasteiger charge is 2.15. The minimum atomic E-state index is -0.490. The molecule has 4 nitrogen and oxygen atoms in total. The number of benzene rings is 1. The van der Waals surface area contributed by atoms with Crippen LogP contribution in [0.25, 0.3) is 10.9 Å². The smallest absolute Gasteiger partial charge is 0.343 e. The molecule has 0 aliphatic rings. The molecule has 2 aromatic rings. The predicted octanol–water partition coefficient (Wildman–Crippen LogP) is 2.68. The Balaban J connectivity index is 2.69. The standard InChI is InChI=1S/C12H10ClNO3/c1-16-11-9(12(15)17-2)6-7-5-8(13)3-4-10(7)14-11/h3-6H,1-2H3. The van der Waals surface area contributed by atoms with E-state index in [-0.39, 0.29) is 11.4 Å². The molecule has 0 aliphatic heterocycles. The molecule has 0 saturated carbocycles. The first-order valence-corrected chi connectivity index (χ1v) is 5.26. The number of halogens is 1. The van der Waals surface area contributed by atoms with Crippen LogP contribution in [0.15, 0.2) is 24.3 Å². The van der Waals surface area contributed by atoms with Crippen LogP contribution in [0, 0.1) is 0 Å². The fourth-order valence-corrected chi connectivity index (χ4v) is 1.72. The Kier molecular flexibility index (Phi) is 3.15. The Morgan fingerprint density at radius 2 is 2.06 bits per heavy atom. The third-order valence-corrected chi connectivity index (χ3v) is 2.58. The predicted molar refractivity (Wildman–Crippen MR) is 64.6 cm³/mol. The molecule has 2 rings (SSSR count). The number of rotatable bonds is 2. The molecule has 0 amide bonds. The van der Waals surface area contributed by atoms with E-state index in [0.717, 1.165) is 5.39 Å². The first-order valence-electron chi connectivity index (χ1n) is 4.88. The minimum Gasteiger partial charge on any atom is -0.480 e. The molecule has 1 heterocycles. The zero-order valence-electron chi connectivity index (χ0n) is 9.36. The largest absolute Gasteiger partial charge is 0.480 e. The topological polar surface area (TPSA) is 48.4 Å². The molecule has 1 aromatic heterocycles. The number of esters is 1. The van der Waals surface area contributed by atoms with E-state index in [1.165, 1.54) is 14.2 Å². The van der Waals surface area contributed by atoms with Crippen molar-refractivity contribution in [3.63, 3.8) is 0 Å². The average Bonchev–Trinajstić information content (AvgIpc) is 2.36. The van der Waals surface area contributed by atoms with E-state index in [4.69, 9.17) is 16.3 Å². The Morgan fingerprint density at radius 1 is 1.29 bits per heavy atom. The highest BCUT2D eigenvalue weighted by molar-refractivity contribution is 6.31. The zero-order valence-corrected chi connectivity index (χ0v) is 10.1. The molecule has 17 heavy (non-hydrogen) atoms. The van der Waals surface area contributed by atoms with Gasteiger partial charge in [0, 0.05) is 10.4 Å². The number of hydrogen-bond acceptors (Lipinski definition) is 4. The normalized spacial score (nSPS) is 10.3. The van der Waals surface area contributed by atoms with E-state index >= 15 is 0 Å². The SMILES string of the molecule is COC(=O)c1cc2cc(Cl)ccc2nc1OC. The van der Waals surface area contributed by atoms with Crippen molar-refractivity contribution in [1.82, 2.24) is 4.98 Å². The Labute approximate surface area is 103 Å². The van der Waals surface area contributed by atoms with Gasteiger partial charge in [-0.25, -0.2) is 9.78 Å². The molecule has 0 saturated heterocycles. The number of aromatic nitrogens is 1. The van der Waals surface area contributed by atoms with Gasteiger partial charge in [0.05, 0.1) is 19.7 Å². The van der Waals surface area contributed by atoms with Gasteiger partial charge in [-0.1, -0.05) is 11.6 Å². The van der Waals surface area contributed by atoms with Gasteiger partial charge in [0.2, 0.25) is 5.88 Å². The summed E-state index contributed by atoms with van der Waals surface area (Å²) in [4.78, 5) is 15.8. The van der Waals surface area contributed by atoms with Crippen molar-refractivity contribution >= 4 is 28.5 Å². The van der Waals surface area contributed by atoms with E-state index < -0.39 is 5.97 Å². The van der Waals surface area contributed by atoms with Crippen molar-refractivity contribution in [1.29, 1.82) is 0 Å². The number of hydrogen-bond donors (Lipinski definition) is 0. The molecule has 88 valence electrons. The molecular weight excluding hydrogens is 242 g/mol. The third-order valence-electron chi connectivity index (χ3n) is 2.34. The molecule has 0 bridgehead atoms. The van der Waals surface area contributed by atoms with Gasteiger partial charge in [0.25, 0.3) is 0 Å². The lowest BCUT2D eigenvalue weighted by molar-refractivity contribution is 0.0596. The molecule has 0 fully saturated rings. The van der Waals surface area contributed by atoms with Gasteiger partial charge in [0.1, 0.15) is 5.56 Å². The van der Waals surface area contributed by atoms with Crippen LogP contribution in [-0.4, -0.2) is 25.2 Å². The Morgan fingerprint density at radius 3 is 2.71 bits per heavy atom. The average molecular weight is 252 g/mol. The van der Waals surface area contributed by atoms with Gasteiger partial charge >= 0.3 is 5.97 Å². The minimum absolute atomic E-state index is 0.242. The third kappa shape index (κ3) is 2.17. The second kappa shape index (κ2) is 4.59. The summed E-state index contributed by atoms with van der Waals surface area (Å²) in [6.07, 6.45) is 0. The first-order chi connectivity index (χ1) is 8.15. The Hall–Kier alpha value is -1.81. The molecular formula is C12H10ClNO3. The second-order valence-corrected chi connectivity index (χ2v) is 3.81. The van der Waals surface area contributed by atoms with Gasteiger partial charge in [-0.2, -0.15) is 0 Å². The van der Waals surface area contributed by atoms with Gasteiger partial charge in [0.15, 0.2) is 0 Å². The second-order valence-electron chi connectivity index (χ2n) is 3.37. The summed E-state index contributed by atoms with van der Waals surface area (Å²) < 4.78 is 9.73. The van der Waals surface area contributed by atoms with Gasteiger partial charge in [-0.3, -0.25) is 0 Å².